The maximum Gasteiger partial charge on any atom is 0.251 e. The molecule has 0 unspecified atom stereocenters. The minimum absolute atomic E-state index is 0.0707. The van der Waals surface area contributed by atoms with E-state index in [9.17, 15) is 4.79 Å². The molecule has 122 valence electrons. The molecular weight excluding hydrogens is 356 g/mol. The van der Waals surface area contributed by atoms with Gasteiger partial charge >= 0.3 is 0 Å². The maximum atomic E-state index is 12.3. The Kier molecular flexibility index (Phi) is 6.19. The van der Waals surface area contributed by atoms with Crippen molar-refractivity contribution in [1.29, 1.82) is 0 Å². The zero-order valence-corrected chi connectivity index (χ0v) is 15.2. The zero-order chi connectivity index (χ0) is 16.8. The maximum absolute atomic E-state index is 12.3. The van der Waals surface area contributed by atoms with Crippen LogP contribution in [0.5, 0.6) is 5.75 Å². The summed E-state index contributed by atoms with van der Waals surface area (Å²) in [6, 6.07) is 15.4. The molecule has 0 aliphatic heterocycles. The van der Waals surface area contributed by atoms with E-state index in [2.05, 4.69) is 35.3 Å². The van der Waals surface area contributed by atoms with E-state index in [1.54, 1.807) is 19.2 Å². The standard InChI is InChI=1S/C18H21BrN2O2/c1-21(2)16(15-6-4-5-7-17(15)23-3)12-20-18(22)13-8-10-14(19)11-9-13/h4-11,16H,12H2,1-3H3,(H,20,22)/p+1/t16-/m0/s1. The molecule has 0 aliphatic rings. The van der Waals surface area contributed by atoms with Crippen LogP contribution in [0.2, 0.25) is 0 Å². The largest absolute Gasteiger partial charge is 0.496 e. The normalized spacial score (nSPS) is 12.0. The fraction of sp³-hybridized carbons (Fsp3) is 0.278. The quantitative estimate of drug-likeness (QED) is 0.809. The Balaban J connectivity index is 2.11. The Hall–Kier alpha value is -1.85. The summed E-state index contributed by atoms with van der Waals surface area (Å²) in [6.07, 6.45) is 0. The second-order valence-electron chi connectivity index (χ2n) is 5.59. The minimum atomic E-state index is -0.0707. The average Bonchev–Trinajstić information content (AvgIpc) is 2.55. The van der Waals surface area contributed by atoms with Gasteiger partial charge in [0.1, 0.15) is 11.8 Å². The van der Waals surface area contributed by atoms with E-state index in [0.29, 0.717) is 12.1 Å². The number of halogens is 1. The summed E-state index contributed by atoms with van der Waals surface area (Å²) in [4.78, 5) is 13.5. The van der Waals surface area contributed by atoms with Gasteiger partial charge in [0, 0.05) is 10.0 Å². The number of carbonyl (C=O) groups is 1. The first kappa shape index (κ1) is 17.5. The molecular formula is C18H22BrN2O2+. The summed E-state index contributed by atoms with van der Waals surface area (Å²) in [5.41, 5.74) is 1.74. The molecule has 0 aromatic heterocycles. The van der Waals surface area contributed by atoms with Gasteiger partial charge in [-0.2, -0.15) is 0 Å². The van der Waals surface area contributed by atoms with Gasteiger partial charge in [-0.25, -0.2) is 0 Å². The van der Waals surface area contributed by atoms with Gasteiger partial charge < -0.3 is 15.0 Å². The molecule has 0 saturated heterocycles. The van der Waals surface area contributed by atoms with E-state index in [4.69, 9.17) is 4.74 Å². The molecule has 0 aliphatic carbocycles. The van der Waals surface area contributed by atoms with Crippen molar-refractivity contribution in [2.45, 2.75) is 6.04 Å². The van der Waals surface area contributed by atoms with Crippen molar-refractivity contribution in [2.75, 3.05) is 27.7 Å². The number of carbonyl (C=O) groups excluding carboxylic acids is 1. The fourth-order valence-corrected chi connectivity index (χ4v) is 2.74. The first-order valence-corrected chi connectivity index (χ1v) is 8.29. The Morgan fingerprint density at radius 1 is 1.17 bits per heavy atom. The van der Waals surface area contributed by atoms with Gasteiger partial charge in [0.25, 0.3) is 5.91 Å². The van der Waals surface area contributed by atoms with Crippen molar-refractivity contribution < 1.29 is 14.4 Å². The molecule has 0 spiro atoms. The summed E-state index contributed by atoms with van der Waals surface area (Å²) < 4.78 is 6.41. The molecule has 2 aromatic carbocycles. The summed E-state index contributed by atoms with van der Waals surface area (Å²) in [6.45, 7) is 0.539. The molecule has 4 nitrogen and oxygen atoms in total. The minimum Gasteiger partial charge on any atom is -0.496 e. The molecule has 23 heavy (non-hydrogen) atoms. The lowest BCUT2D eigenvalue weighted by atomic mass is 10.0. The predicted molar refractivity (Wildman–Crippen MR) is 95.0 cm³/mol. The third-order valence-corrected chi connectivity index (χ3v) is 4.31. The number of amides is 1. The third-order valence-electron chi connectivity index (χ3n) is 3.78. The third kappa shape index (κ3) is 4.56. The van der Waals surface area contributed by atoms with Crippen LogP contribution in [0.15, 0.2) is 53.0 Å². The molecule has 0 bridgehead atoms. The van der Waals surface area contributed by atoms with Crippen molar-refractivity contribution >= 4 is 21.8 Å². The summed E-state index contributed by atoms with van der Waals surface area (Å²) in [5, 5.41) is 3.02. The zero-order valence-electron chi connectivity index (χ0n) is 13.6. The second-order valence-corrected chi connectivity index (χ2v) is 6.50. The summed E-state index contributed by atoms with van der Waals surface area (Å²) in [7, 11) is 5.81. The van der Waals surface area contributed by atoms with E-state index in [0.717, 1.165) is 15.8 Å². The van der Waals surface area contributed by atoms with Crippen LogP contribution in [-0.4, -0.2) is 33.7 Å². The molecule has 2 aromatic rings. The molecule has 1 atom stereocenters. The van der Waals surface area contributed by atoms with E-state index in [1.807, 2.05) is 36.4 Å². The Morgan fingerprint density at radius 2 is 1.83 bits per heavy atom. The lowest BCUT2D eigenvalue weighted by Gasteiger charge is -2.23. The lowest BCUT2D eigenvalue weighted by molar-refractivity contribution is -0.890. The number of benzene rings is 2. The first-order chi connectivity index (χ1) is 11.0. The van der Waals surface area contributed by atoms with Gasteiger partial charge in [0.2, 0.25) is 0 Å². The van der Waals surface area contributed by atoms with E-state index in [1.165, 1.54) is 4.90 Å². The molecule has 2 rings (SSSR count). The number of hydrogen-bond acceptors (Lipinski definition) is 2. The Labute approximate surface area is 145 Å². The molecule has 1 amide bonds. The molecule has 0 heterocycles. The second kappa shape index (κ2) is 8.13. The number of para-hydroxylation sites is 1. The number of hydrogen-bond donors (Lipinski definition) is 2. The average molecular weight is 378 g/mol. The van der Waals surface area contributed by atoms with Crippen LogP contribution in [0.3, 0.4) is 0 Å². The van der Waals surface area contributed by atoms with Gasteiger partial charge in [-0.3, -0.25) is 4.79 Å². The van der Waals surface area contributed by atoms with Crippen molar-refractivity contribution in [2.24, 2.45) is 0 Å². The van der Waals surface area contributed by atoms with Gasteiger partial charge in [0.05, 0.1) is 33.3 Å². The van der Waals surface area contributed by atoms with Crippen LogP contribution in [-0.2, 0) is 0 Å². The Morgan fingerprint density at radius 3 is 2.43 bits per heavy atom. The topological polar surface area (TPSA) is 42.8 Å². The van der Waals surface area contributed by atoms with Gasteiger partial charge in [-0.05, 0) is 36.4 Å². The molecule has 2 N–H and O–H groups in total. The SMILES string of the molecule is COc1ccccc1[C@H](CNC(=O)c1ccc(Br)cc1)[NH+](C)C. The van der Waals surface area contributed by atoms with Crippen LogP contribution in [0, 0.1) is 0 Å². The fourth-order valence-electron chi connectivity index (χ4n) is 2.48. The molecule has 5 heteroatoms. The van der Waals surface area contributed by atoms with E-state index >= 15 is 0 Å². The molecule has 0 fully saturated rings. The molecule has 0 radical (unpaired) electrons. The van der Waals surface area contributed by atoms with Crippen molar-refractivity contribution in [3.63, 3.8) is 0 Å². The summed E-state index contributed by atoms with van der Waals surface area (Å²) >= 11 is 3.37. The number of nitrogens with one attached hydrogen (secondary N) is 2. The summed E-state index contributed by atoms with van der Waals surface area (Å²) in [5.74, 6) is 0.773. The number of quaternary nitrogens is 1. The van der Waals surface area contributed by atoms with E-state index in [-0.39, 0.29) is 11.9 Å². The highest BCUT2D eigenvalue weighted by atomic mass is 79.9. The Bertz CT molecular complexity index is 656. The van der Waals surface area contributed by atoms with Crippen LogP contribution < -0.4 is 15.0 Å². The monoisotopic (exact) mass is 377 g/mol. The first-order valence-electron chi connectivity index (χ1n) is 7.49. The highest BCUT2D eigenvalue weighted by molar-refractivity contribution is 9.10. The van der Waals surface area contributed by atoms with Gasteiger partial charge in [-0.15, -0.1) is 0 Å². The number of likely N-dealkylation sites (N-methyl/N-ethyl adjacent to an activating group) is 1. The van der Waals surface area contributed by atoms with Crippen LogP contribution in [0.1, 0.15) is 22.0 Å². The van der Waals surface area contributed by atoms with Gasteiger partial charge in [-0.1, -0.05) is 28.1 Å². The highest BCUT2D eigenvalue weighted by Gasteiger charge is 2.22. The van der Waals surface area contributed by atoms with E-state index < -0.39 is 0 Å². The number of rotatable bonds is 6. The number of ether oxygens (including phenoxy) is 1. The highest BCUT2D eigenvalue weighted by Crippen LogP contribution is 2.22. The number of methoxy groups -OCH3 is 1. The van der Waals surface area contributed by atoms with Crippen molar-refractivity contribution in [3.05, 3.63) is 64.1 Å². The van der Waals surface area contributed by atoms with Crippen molar-refractivity contribution in [1.82, 2.24) is 5.32 Å². The van der Waals surface area contributed by atoms with Crippen LogP contribution >= 0.6 is 15.9 Å². The van der Waals surface area contributed by atoms with Crippen LogP contribution in [0.25, 0.3) is 0 Å². The van der Waals surface area contributed by atoms with Crippen LogP contribution in [0.4, 0.5) is 0 Å². The van der Waals surface area contributed by atoms with Crippen molar-refractivity contribution in [3.8, 4) is 5.75 Å². The smallest absolute Gasteiger partial charge is 0.251 e. The van der Waals surface area contributed by atoms with Gasteiger partial charge in [0.15, 0.2) is 0 Å². The predicted octanol–water partition coefficient (Wildman–Crippen LogP) is 2.07. The lowest BCUT2D eigenvalue weighted by Crippen LogP contribution is -3.07. The molecule has 0 saturated carbocycles.